The van der Waals surface area contributed by atoms with Gasteiger partial charge in [-0.2, -0.15) is 4.31 Å². The molecule has 0 spiro atoms. The first kappa shape index (κ1) is 17.9. The fourth-order valence-corrected chi connectivity index (χ4v) is 4.79. The first-order valence-electron chi connectivity index (χ1n) is 8.76. The molecule has 136 valence electrons. The maximum absolute atomic E-state index is 13.0. The fraction of sp³-hybridized carbons (Fsp3) is 0.500. The largest absolute Gasteiger partial charge is 0.451 e. The molecule has 6 nitrogen and oxygen atoms in total. The van der Waals surface area contributed by atoms with Gasteiger partial charge in [-0.05, 0) is 44.9 Å². The molecule has 1 aliphatic rings. The van der Waals surface area contributed by atoms with Crippen molar-refractivity contribution in [2.24, 2.45) is 0 Å². The Labute approximate surface area is 148 Å². The molecule has 3 rings (SSSR count). The van der Waals surface area contributed by atoms with Gasteiger partial charge in [0, 0.05) is 30.6 Å². The number of nitrogens with one attached hydrogen (secondary N) is 1. The van der Waals surface area contributed by atoms with Gasteiger partial charge in [-0.15, -0.1) is 0 Å². The second kappa shape index (κ2) is 7.17. The molecule has 1 fully saturated rings. The summed E-state index contributed by atoms with van der Waals surface area (Å²) in [5, 5.41) is 3.37. The summed E-state index contributed by atoms with van der Waals surface area (Å²) in [6, 6.07) is 4.82. The smallest absolute Gasteiger partial charge is 0.287 e. The number of carbonyl (C=O) groups excluding carboxylic acids is 1. The zero-order valence-electron chi connectivity index (χ0n) is 14.7. The Bertz CT molecular complexity index is 878. The molecule has 1 N–H and O–H groups in total. The summed E-state index contributed by atoms with van der Waals surface area (Å²) in [6.07, 6.45) is 3.94. The normalized spacial score (nSPS) is 16.7. The third kappa shape index (κ3) is 3.43. The summed E-state index contributed by atoms with van der Waals surface area (Å²) >= 11 is 0. The van der Waals surface area contributed by atoms with Gasteiger partial charge in [-0.25, -0.2) is 8.42 Å². The number of aryl methyl sites for hydroxylation is 1. The molecule has 0 saturated carbocycles. The van der Waals surface area contributed by atoms with E-state index < -0.39 is 10.0 Å². The molecular weight excluding hydrogens is 340 g/mol. The van der Waals surface area contributed by atoms with Crippen LogP contribution in [-0.2, 0) is 10.0 Å². The fourth-order valence-electron chi connectivity index (χ4n) is 3.25. The minimum Gasteiger partial charge on any atom is -0.451 e. The Morgan fingerprint density at radius 3 is 2.52 bits per heavy atom. The quantitative estimate of drug-likeness (QED) is 0.904. The molecule has 2 heterocycles. The first-order chi connectivity index (χ1) is 11.9. The highest BCUT2D eigenvalue weighted by Crippen LogP contribution is 2.29. The van der Waals surface area contributed by atoms with Gasteiger partial charge in [0.15, 0.2) is 5.76 Å². The van der Waals surface area contributed by atoms with E-state index in [0.29, 0.717) is 36.2 Å². The standard InChI is InChI=1S/C18H24N2O4S/c1-3-19-18(21)17-13(2)15-12-14(8-9-16(15)24-17)25(22,23)20-10-6-4-5-7-11-20/h8-9,12H,3-7,10-11H2,1-2H3,(H,19,21). The van der Waals surface area contributed by atoms with Crippen molar-refractivity contribution < 1.29 is 17.6 Å². The Morgan fingerprint density at radius 1 is 1.20 bits per heavy atom. The van der Waals surface area contributed by atoms with Crippen LogP contribution in [0.3, 0.4) is 0 Å². The molecule has 7 heteroatoms. The first-order valence-corrected chi connectivity index (χ1v) is 10.2. The van der Waals surface area contributed by atoms with Crippen LogP contribution in [0, 0.1) is 6.92 Å². The highest BCUT2D eigenvalue weighted by Gasteiger charge is 2.26. The summed E-state index contributed by atoms with van der Waals surface area (Å²) in [4.78, 5) is 12.3. The molecule has 1 amide bonds. The highest BCUT2D eigenvalue weighted by atomic mass is 32.2. The van der Waals surface area contributed by atoms with Crippen LogP contribution in [0.2, 0.25) is 0 Å². The maximum Gasteiger partial charge on any atom is 0.287 e. The second-order valence-corrected chi connectivity index (χ2v) is 8.33. The van der Waals surface area contributed by atoms with E-state index in [0.717, 1.165) is 25.7 Å². The molecule has 1 aliphatic heterocycles. The Morgan fingerprint density at radius 2 is 1.88 bits per heavy atom. The molecule has 0 aliphatic carbocycles. The number of furan rings is 1. The molecule has 0 radical (unpaired) electrons. The minimum atomic E-state index is -3.52. The molecule has 0 atom stereocenters. The van der Waals surface area contributed by atoms with Crippen LogP contribution in [0.15, 0.2) is 27.5 Å². The summed E-state index contributed by atoms with van der Waals surface area (Å²) in [6.45, 7) is 5.24. The van der Waals surface area contributed by atoms with Crippen molar-refractivity contribution in [2.45, 2.75) is 44.4 Å². The van der Waals surface area contributed by atoms with Gasteiger partial charge in [0.2, 0.25) is 10.0 Å². The zero-order valence-corrected chi connectivity index (χ0v) is 15.5. The molecule has 1 saturated heterocycles. The number of hydrogen-bond acceptors (Lipinski definition) is 4. The van der Waals surface area contributed by atoms with E-state index in [1.54, 1.807) is 29.4 Å². The lowest BCUT2D eigenvalue weighted by Crippen LogP contribution is -2.31. The van der Waals surface area contributed by atoms with Gasteiger partial charge in [-0.1, -0.05) is 12.8 Å². The van der Waals surface area contributed by atoms with E-state index in [1.165, 1.54) is 0 Å². The summed E-state index contributed by atoms with van der Waals surface area (Å²) in [5.74, 6) is -0.0469. The number of carbonyl (C=O) groups is 1. The number of hydrogen-bond donors (Lipinski definition) is 1. The predicted octanol–water partition coefficient (Wildman–Crippen LogP) is 3.06. The SMILES string of the molecule is CCNC(=O)c1oc2ccc(S(=O)(=O)N3CCCCCC3)cc2c1C. The number of sulfonamides is 1. The lowest BCUT2D eigenvalue weighted by Gasteiger charge is -2.19. The number of amides is 1. The van der Waals surface area contributed by atoms with Crippen molar-refractivity contribution in [1.82, 2.24) is 9.62 Å². The van der Waals surface area contributed by atoms with Gasteiger partial charge in [0.1, 0.15) is 5.58 Å². The van der Waals surface area contributed by atoms with Gasteiger partial charge in [-0.3, -0.25) is 4.79 Å². The van der Waals surface area contributed by atoms with E-state index in [4.69, 9.17) is 4.42 Å². The third-order valence-corrected chi connectivity index (χ3v) is 6.55. The second-order valence-electron chi connectivity index (χ2n) is 6.39. The number of benzene rings is 1. The Balaban J connectivity index is 2.00. The summed E-state index contributed by atoms with van der Waals surface area (Å²) in [5.41, 5.74) is 1.18. The molecule has 1 aromatic heterocycles. The van der Waals surface area contributed by atoms with Crippen molar-refractivity contribution >= 4 is 26.9 Å². The van der Waals surface area contributed by atoms with Crippen molar-refractivity contribution in [2.75, 3.05) is 19.6 Å². The van der Waals surface area contributed by atoms with E-state index in [1.807, 2.05) is 6.92 Å². The van der Waals surface area contributed by atoms with Crippen LogP contribution in [0.25, 0.3) is 11.0 Å². The molecule has 0 bridgehead atoms. The maximum atomic E-state index is 13.0. The van der Waals surface area contributed by atoms with Crippen molar-refractivity contribution in [3.63, 3.8) is 0 Å². The Kier molecular flexibility index (Phi) is 5.15. The zero-order chi connectivity index (χ0) is 18.0. The molecular formula is C18H24N2O4S. The topological polar surface area (TPSA) is 79.6 Å². The van der Waals surface area contributed by atoms with Crippen LogP contribution < -0.4 is 5.32 Å². The predicted molar refractivity (Wildman–Crippen MR) is 96.2 cm³/mol. The van der Waals surface area contributed by atoms with Gasteiger partial charge in [0.25, 0.3) is 5.91 Å². The monoisotopic (exact) mass is 364 g/mol. The average molecular weight is 364 g/mol. The van der Waals surface area contributed by atoms with Crippen LogP contribution >= 0.6 is 0 Å². The van der Waals surface area contributed by atoms with E-state index in [2.05, 4.69) is 5.32 Å². The summed E-state index contributed by atoms with van der Waals surface area (Å²) in [7, 11) is -3.52. The minimum absolute atomic E-state index is 0.237. The lowest BCUT2D eigenvalue weighted by atomic mass is 10.1. The van der Waals surface area contributed by atoms with Crippen molar-refractivity contribution in [3.8, 4) is 0 Å². The highest BCUT2D eigenvalue weighted by molar-refractivity contribution is 7.89. The van der Waals surface area contributed by atoms with E-state index in [9.17, 15) is 13.2 Å². The molecule has 0 unspecified atom stereocenters. The summed E-state index contributed by atoms with van der Waals surface area (Å²) < 4.78 is 33.1. The Hall–Kier alpha value is -1.86. The van der Waals surface area contributed by atoms with Crippen LogP contribution in [0.1, 0.15) is 48.7 Å². The van der Waals surface area contributed by atoms with E-state index in [-0.39, 0.29) is 16.6 Å². The molecule has 1 aromatic carbocycles. The van der Waals surface area contributed by atoms with Gasteiger partial charge >= 0.3 is 0 Å². The van der Waals surface area contributed by atoms with Gasteiger partial charge in [0.05, 0.1) is 4.90 Å². The van der Waals surface area contributed by atoms with Crippen molar-refractivity contribution in [3.05, 3.63) is 29.5 Å². The molecule has 2 aromatic rings. The third-order valence-electron chi connectivity index (χ3n) is 4.65. The van der Waals surface area contributed by atoms with Crippen molar-refractivity contribution in [1.29, 1.82) is 0 Å². The number of fused-ring (bicyclic) bond motifs is 1. The molecule has 25 heavy (non-hydrogen) atoms. The van der Waals surface area contributed by atoms with Gasteiger partial charge < -0.3 is 9.73 Å². The van der Waals surface area contributed by atoms with Crippen LogP contribution in [0.4, 0.5) is 0 Å². The lowest BCUT2D eigenvalue weighted by molar-refractivity contribution is 0.0929. The number of nitrogens with zero attached hydrogens (tertiary/aromatic N) is 1. The van der Waals surface area contributed by atoms with E-state index >= 15 is 0 Å². The van der Waals surface area contributed by atoms with Crippen LogP contribution in [-0.4, -0.2) is 38.3 Å². The van der Waals surface area contributed by atoms with Crippen LogP contribution in [0.5, 0.6) is 0 Å². The number of rotatable bonds is 4. The average Bonchev–Trinajstić information content (AvgIpc) is 2.78.